The van der Waals surface area contributed by atoms with Crippen LogP contribution in [0.4, 0.5) is 5.95 Å². The fourth-order valence-electron chi connectivity index (χ4n) is 4.05. The molecule has 1 aromatic carbocycles. The van der Waals surface area contributed by atoms with Crippen molar-refractivity contribution in [2.45, 2.75) is 45.4 Å². The van der Waals surface area contributed by atoms with Crippen molar-refractivity contribution < 1.29 is 0 Å². The summed E-state index contributed by atoms with van der Waals surface area (Å²) in [5, 5.41) is 0.743. The number of imidazole rings is 1. The molecule has 1 saturated heterocycles. The molecule has 2 aliphatic heterocycles. The van der Waals surface area contributed by atoms with Gasteiger partial charge in [-0.3, -0.25) is 9.47 Å². The number of piperidine rings is 1. The lowest BCUT2D eigenvalue weighted by atomic mass is 10.1. The molecule has 2 aromatic rings. The van der Waals surface area contributed by atoms with Gasteiger partial charge in [0, 0.05) is 48.2 Å². The van der Waals surface area contributed by atoms with Gasteiger partial charge in [0.1, 0.15) is 5.82 Å². The van der Waals surface area contributed by atoms with Gasteiger partial charge in [0.2, 0.25) is 5.95 Å². The molecule has 0 spiro atoms. The quantitative estimate of drug-likeness (QED) is 0.558. The van der Waals surface area contributed by atoms with Gasteiger partial charge in [-0.1, -0.05) is 50.1 Å². The Hall–Kier alpha value is -2.20. The highest BCUT2D eigenvalue weighted by atomic mass is 35.5. The fraction of sp³-hybridized carbons (Fsp3) is 0.435. The highest BCUT2D eigenvalue weighted by Gasteiger charge is 2.28. The van der Waals surface area contributed by atoms with Crippen molar-refractivity contribution in [2.24, 2.45) is 0 Å². The first-order chi connectivity index (χ1) is 13.7. The maximum atomic E-state index is 6.06. The molecule has 0 atom stereocenters. The first kappa shape index (κ1) is 19.1. The lowest BCUT2D eigenvalue weighted by Crippen LogP contribution is -2.41. The molecule has 0 radical (unpaired) electrons. The molecule has 4 rings (SSSR count). The van der Waals surface area contributed by atoms with Crippen LogP contribution in [-0.4, -0.2) is 34.1 Å². The van der Waals surface area contributed by atoms with Crippen molar-refractivity contribution in [3.05, 3.63) is 54.0 Å². The van der Waals surface area contributed by atoms with E-state index < -0.39 is 0 Å². The molecular weight excluding hydrogens is 368 g/mol. The minimum atomic E-state index is 0.743. The largest absolute Gasteiger partial charge is 0.358 e. The van der Waals surface area contributed by atoms with E-state index in [4.69, 9.17) is 16.6 Å². The predicted octanol–water partition coefficient (Wildman–Crippen LogP) is 6.01. The summed E-state index contributed by atoms with van der Waals surface area (Å²) in [6, 6.07) is 7.89. The van der Waals surface area contributed by atoms with E-state index in [2.05, 4.69) is 40.1 Å². The molecule has 0 N–H and O–H groups in total. The zero-order valence-corrected chi connectivity index (χ0v) is 17.5. The summed E-state index contributed by atoms with van der Waals surface area (Å²) in [7, 11) is 0. The predicted molar refractivity (Wildman–Crippen MR) is 118 cm³/mol. The Morgan fingerprint density at radius 3 is 2.54 bits per heavy atom. The third kappa shape index (κ3) is 3.83. The summed E-state index contributed by atoms with van der Waals surface area (Å²) in [6.07, 6.45) is 11.8. The maximum absolute atomic E-state index is 6.06. The Morgan fingerprint density at radius 2 is 1.82 bits per heavy atom. The van der Waals surface area contributed by atoms with Gasteiger partial charge in [-0.2, -0.15) is 0 Å². The SMILES string of the molecule is C=C1C=C(N2CCCCC2)N(CCCCC)c2nc(-c3ccc(Cl)cc3)cn21. The smallest absolute Gasteiger partial charge is 0.216 e. The summed E-state index contributed by atoms with van der Waals surface area (Å²) in [5.41, 5.74) is 3.02. The van der Waals surface area contributed by atoms with Gasteiger partial charge >= 0.3 is 0 Å². The number of benzene rings is 1. The van der Waals surface area contributed by atoms with E-state index in [1.54, 1.807) is 0 Å². The van der Waals surface area contributed by atoms with Gasteiger partial charge < -0.3 is 4.90 Å². The summed E-state index contributed by atoms with van der Waals surface area (Å²) in [5.74, 6) is 2.25. The second-order valence-electron chi connectivity index (χ2n) is 7.70. The summed E-state index contributed by atoms with van der Waals surface area (Å²) >= 11 is 6.06. The maximum Gasteiger partial charge on any atom is 0.216 e. The lowest BCUT2D eigenvalue weighted by molar-refractivity contribution is 0.275. The number of hydrogen-bond donors (Lipinski definition) is 0. The number of fused-ring (bicyclic) bond motifs is 1. The van der Waals surface area contributed by atoms with E-state index in [0.717, 1.165) is 54.0 Å². The minimum absolute atomic E-state index is 0.743. The van der Waals surface area contributed by atoms with Crippen molar-refractivity contribution in [3.8, 4) is 11.3 Å². The van der Waals surface area contributed by atoms with Crippen molar-refractivity contribution in [1.29, 1.82) is 0 Å². The molecule has 28 heavy (non-hydrogen) atoms. The van der Waals surface area contributed by atoms with Crippen LogP contribution in [0, 0.1) is 0 Å². The molecule has 4 nitrogen and oxygen atoms in total. The lowest BCUT2D eigenvalue weighted by Gasteiger charge is -2.40. The van der Waals surface area contributed by atoms with E-state index in [1.807, 2.05) is 24.3 Å². The zero-order valence-electron chi connectivity index (χ0n) is 16.7. The van der Waals surface area contributed by atoms with Crippen LogP contribution in [-0.2, 0) is 0 Å². The van der Waals surface area contributed by atoms with E-state index >= 15 is 0 Å². The fourth-order valence-corrected chi connectivity index (χ4v) is 4.18. The van der Waals surface area contributed by atoms with Crippen molar-refractivity contribution in [2.75, 3.05) is 24.5 Å². The Balaban J connectivity index is 1.69. The van der Waals surface area contributed by atoms with E-state index in [-0.39, 0.29) is 0 Å². The van der Waals surface area contributed by atoms with Crippen LogP contribution >= 0.6 is 11.6 Å². The number of hydrogen-bond acceptors (Lipinski definition) is 3. The zero-order chi connectivity index (χ0) is 19.5. The van der Waals surface area contributed by atoms with Gasteiger partial charge in [0.15, 0.2) is 0 Å². The first-order valence-electron chi connectivity index (χ1n) is 10.5. The number of nitrogens with zero attached hydrogens (tertiary/aromatic N) is 4. The van der Waals surface area contributed by atoms with Gasteiger partial charge in [0.05, 0.1) is 5.69 Å². The molecule has 5 heteroatoms. The molecule has 3 heterocycles. The Bertz CT molecular complexity index is 859. The molecule has 1 aromatic heterocycles. The van der Waals surface area contributed by atoms with Crippen LogP contribution in [0.25, 0.3) is 17.0 Å². The second kappa shape index (κ2) is 8.44. The second-order valence-corrected chi connectivity index (χ2v) is 8.14. The van der Waals surface area contributed by atoms with Crippen molar-refractivity contribution in [1.82, 2.24) is 14.5 Å². The normalized spacial score (nSPS) is 16.9. The van der Waals surface area contributed by atoms with Gasteiger partial charge in [-0.05, 0) is 37.8 Å². The molecule has 0 unspecified atom stereocenters. The highest BCUT2D eigenvalue weighted by Crippen LogP contribution is 2.34. The molecule has 148 valence electrons. The minimum Gasteiger partial charge on any atom is -0.358 e. The van der Waals surface area contributed by atoms with Crippen LogP contribution in [0.15, 0.2) is 48.9 Å². The van der Waals surface area contributed by atoms with Crippen LogP contribution in [0.5, 0.6) is 0 Å². The highest BCUT2D eigenvalue weighted by molar-refractivity contribution is 6.30. The average molecular weight is 397 g/mol. The molecule has 2 aliphatic rings. The van der Waals surface area contributed by atoms with Crippen molar-refractivity contribution in [3.63, 3.8) is 0 Å². The van der Waals surface area contributed by atoms with Gasteiger partial charge in [0.25, 0.3) is 0 Å². The average Bonchev–Trinajstić information content (AvgIpc) is 3.17. The van der Waals surface area contributed by atoms with E-state index in [9.17, 15) is 0 Å². The molecule has 0 saturated carbocycles. The van der Waals surface area contributed by atoms with Gasteiger partial charge in [-0.15, -0.1) is 0 Å². The van der Waals surface area contributed by atoms with Crippen LogP contribution in [0.3, 0.4) is 0 Å². The molecular formula is C23H29ClN4. The number of likely N-dealkylation sites (tertiary alicyclic amines) is 1. The Morgan fingerprint density at radius 1 is 1.07 bits per heavy atom. The third-order valence-electron chi connectivity index (χ3n) is 5.62. The number of rotatable bonds is 6. The number of allylic oxidation sites excluding steroid dienone is 2. The topological polar surface area (TPSA) is 24.3 Å². The third-order valence-corrected chi connectivity index (χ3v) is 5.87. The van der Waals surface area contributed by atoms with Crippen LogP contribution in [0.2, 0.25) is 5.02 Å². The number of anilines is 1. The number of unbranched alkanes of at least 4 members (excludes halogenated alkanes) is 2. The monoisotopic (exact) mass is 396 g/mol. The van der Waals surface area contributed by atoms with Crippen molar-refractivity contribution >= 4 is 23.2 Å². The number of aromatic nitrogens is 2. The van der Waals surface area contributed by atoms with Crippen LogP contribution in [0.1, 0.15) is 45.4 Å². The Labute approximate surface area is 173 Å². The summed E-state index contributed by atoms with van der Waals surface area (Å²) in [4.78, 5) is 9.94. The number of halogens is 1. The summed E-state index contributed by atoms with van der Waals surface area (Å²) in [6.45, 7) is 9.80. The molecule has 1 fully saturated rings. The first-order valence-corrected chi connectivity index (χ1v) is 10.8. The van der Waals surface area contributed by atoms with Gasteiger partial charge in [-0.25, -0.2) is 4.98 Å². The Kier molecular flexibility index (Phi) is 5.77. The molecule has 0 aliphatic carbocycles. The standard InChI is InChI=1S/C23H29ClN4/c1-3-4-6-15-27-22(26-13-7-5-8-14-26)16-18(2)28-17-21(25-23(27)28)19-9-11-20(24)12-10-19/h9-12,16-17H,2-8,13-15H2,1H3. The molecule has 0 amide bonds. The van der Waals surface area contributed by atoms with E-state index in [1.165, 1.54) is 37.9 Å². The summed E-state index contributed by atoms with van der Waals surface area (Å²) < 4.78 is 2.13. The van der Waals surface area contributed by atoms with Crippen LogP contribution < -0.4 is 4.90 Å². The molecule has 0 bridgehead atoms. The van der Waals surface area contributed by atoms with E-state index in [0.29, 0.717) is 0 Å².